The van der Waals surface area contributed by atoms with Crippen LogP contribution in [0.15, 0.2) is 158 Å². The van der Waals surface area contributed by atoms with Crippen LogP contribution in [0.2, 0.25) is 0 Å². The van der Waals surface area contributed by atoms with E-state index < -0.39 is 0 Å². The van der Waals surface area contributed by atoms with Crippen molar-refractivity contribution in [1.29, 1.82) is 0 Å². The Balaban J connectivity index is 1.22. The molecule has 0 saturated heterocycles. The summed E-state index contributed by atoms with van der Waals surface area (Å²) in [5.41, 5.74) is 14.0. The predicted molar refractivity (Wildman–Crippen MR) is 192 cm³/mol. The fourth-order valence-electron chi connectivity index (χ4n) is 7.05. The summed E-state index contributed by atoms with van der Waals surface area (Å²) in [6, 6.07) is 51.8. The maximum Gasteiger partial charge on any atom is 0.0718 e. The van der Waals surface area contributed by atoms with Crippen LogP contribution in [-0.2, 0) is 6.42 Å². The standard InChI is InChI=1S/C43H31N3/c1-3-14-30(15-4-1)38-27-33(28-39(44-38)31-16-5-2-6-17-31)32-18-13-19-34(26-32)45-29-43(37-22-9-10-23-40(37)45)46-41-24-11-7-20-35(41)36-21-8-12-25-42(36)46/h1-11,13-24,26-29H,12,25H2. The second-order valence-electron chi connectivity index (χ2n) is 12.0. The van der Waals surface area contributed by atoms with E-state index in [1.54, 1.807) is 0 Å². The molecular formula is C43H31N3. The van der Waals surface area contributed by atoms with Crippen molar-refractivity contribution in [3.05, 3.63) is 169 Å². The van der Waals surface area contributed by atoms with Crippen LogP contribution in [0.1, 0.15) is 17.7 Å². The molecule has 0 unspecified atom stereocenters. The third kappa shape index (κ3) is 4.40. The molecule has 3 heteroatoms. The molecule has 0 aliphatic heterocycles. The molecule has 3 aromatic heterocycles. The molecule has 3 nitrogen and oxygen atoms in total. The number of allylic oxidation sites excluding steroid dienone is 1. The quantitative estimate of drug-likeness (QED) is 0.196. The van der Waals surface area contributed by atoms with Gasteiger partial charge in [-0.25, -0.2) is 4.98 Å². The molecule has 9 rings (SSSR count). The van der Waals surface area contributed by atoms with Crippen molar-refractivity contribution in [2.75, 3.05) is 0 Å². The minimum Gasteiger partial charge on any atom is -0.314 e. The zero-order valence-corrected chi connectivity index (χ0v) is 25.3. The number of pyridine rings is 1. The Hall–Kier alpha value is -5.93. The van der Waals surface area contributed by atoms with Crippen molar-refractivity contribution >= 4 is 27.9 Å². The number of para-hydroxylation sites is 2. The molecule has 5 aromatic carbocycles. The van der Waals surface area contributed by atoms with Crippen LogP contribution in [0.5, 0.6) is 0 Å². The summed E-state index contributed by atoms with van der Waals surface area (Å²) in [6.45, 7) is 0. The summed E-state index contributed by atoms with van der Waals surface area (Å²) < 4.78 is 4.85. The molecule has 0 amide bonds. The molecule has 0 saturated carbocycles. The Morgan fingerprint density at radius 1 is 0.522 bits per heavy atom. The van der Waals surface area contributed by atoms with Crippen molar-refractivity contribution in [3.8, 4) is 45.0 Å². The smallest absolute Gasteiger partial charge is 0.0718 e. The summed E-state index contributed by atoms with van der Waals surface area (Å²) in [5.74, 6) is 0. The minimum absolute atomic E-state index is 0.967. The number of benzene rings is 5. The lowest BCUT2D eigenvalue weighted by atomic mass is 9.99. The summed E-state index contributed by atoms with van der Waals surface area (Å²) in [7, 11) is 0. The first-order valence-electron chi connectivity index (χ1n) is 15.9. The Morgan fingerprint density at radius 3 is 1.89 bits per heavy atom. The molecule has 0 bridgehead atoms. The van der Waals surface area contributed by atoms with E-state index in [4.69, 9.17) is 4.98 Å². The molecule has 0 N–H and O–H groups in total. The van der Waals surface area contributed by atoms with E-state index in [0.29, 0.717) is 0 Å². The van der Waals surface area contributed by atoms with Crippen LogP contribution in [0.4, 0.5) is 0 Å². The maximum absolute atomic E-state index is 5.10. The first kappa shape index (κ1) is 26.5. The van der Waals surface area contributed by atoms with Gasteiger partial charge in [-0.2, -0.15) is 0 Å². The Bertz CT molecular complexity index is 2350. The number of rotatable bonds is 5. The van der Waals surface area contributed by atoms with Crippen LogP contribution in [0.25, 0.3) is 72.9 Å². The van der Waals surface area contributed by atoms with E-state index in [1.165, 1.54) is 38.8 Å². The normalized spacial score (nSPS) is 12.5. The number of fused-ring (bicyclic) bond motifs is 4. The third-order valence-electron chi connectivity index (χ3n) is 9.20. The van der Waals surface area contributed by atoms with Crippen molar-refractivity contribution in [2.45, 2.75) is 12.8 Å². The number of hydrogen-bond acceptors (Lipinski definition) is 1. The summed E-state index contributed by atoms with van der Waals surface area (Å²) in [4.78, 5) is 5.10. The average molecular weight is 590 g/mol. The monoisotopic (exact) mass is 589 g/mol. The number of hydrogen-bond donors (Lipinski definition) is 0. The lowest BCUT2D eigenvalue weighted by Gasteiger charge is -2.13. The molecule has 46 heavy (non-hydrogen) atoms. The molecule has 8 aromatic rings. The van der Waals surface area contributed by atoms with E-state index in [0.717, 1.165) is 52.2 Å². The van der Waals surface area contributed by atoms with Crippen LogP contribution < -0.4 is 0 Å². The summed E-state index contributed by atoms with van der Waals surface area (Å²) >= 11 is 0. The van der Waals surface area contributed by atoms with Gasteiger partial charge in [0.05, 0.1) is 28.1 Å². The SMILES string of the molecule is C1=Cc2c(n(-c3cn(-c4cccc(-c5cc(-c6ccccc6)nc(-c6ccccc6)c5)c4)c4ccccc34)c3ccccc23)CC1. The molecular weight excluding hydrogens is 558 g/mol. The topological polar surface area (TPSA) is 22.8 Å². The number of aromatic nitrogens is 3. The van der Waals surface area contributed by atoms with E-state index >= 15 is 0 Å². The summed E-state index contributed by atoms with van der Waals surface area (Å²) in [5, 5.41) is 2.56. The van der Waals surface area contributed by atoms with Crippen molar-refractivity contribution in [3.63, 3.8) is 0 Å². The zero-order chi connectivity index (χ0) is 30.5. The van der Waals surface area contributed by atoms with Gasteiger partial charge in [0.2, 0.25) is 0 Å². The molecule has 0 fully saturated rings. The van der Waals surface area contributed by atoms with Gasteiger partial charge < -0.3 is 9.13 Å². The van der Waals surface area contributed by atoms with Crippen LogP contribution in [0.3, 0.4) is 0 Å². The first-order valence-corrected chi connectivity index (χ1v) is 15.9. The van der Waals surface area contributed by atoms with Crippen LogP contribution >= 0.6 is 0 Å². The van der Waals surface area contributed by atoms with Gasteiger partial charge in [-0.1, -0.05) is 121 Å². The Morgan fingerprint density at radius 2 is 1.15 bits per heavy atom. The highest BCUT2D eigenvalue weighted by atomic mass is 15.1. The largest absolute Gasteiger partial charge is 0.314 e. The molecule has 218 valence electrons. The molecule has 0 radical (unpaired) electrons. The van der Waals surface area contributed by atoms with Crippen molar-refractivity contribution < 1.29 is 0 Å². The van der Waals surface area contributed by atoms with Gasteiger partial charge in [0.25, 0.3) is 0 Å². The maximum atomic E-state index is 5.10. The molecule has 0 atom stereocenters. The second kappa shape index (κ2) is 10.9. The highest BCUT2D eigenvalue weighted by Crippen LogP contribution is 2.38. The van der Waals surface area contributed by atoms with Gasteiger partial charge in [0.1, 0.15) is 0 Å². The van der Waals surface area contributed by atoms with E-state index in [2.05, 4.69) is 161 Å². The fourth-order valence-corrected chi connectivity index (χ4v) is 7.05. The zero-order valence-electron chi connectivity index (χ0n) is 25.3. The van der Waals surface area contributed by atoms with Gasteiger partial charge in [0.15, 0.2) is 0 Å². The van der Waals surface area contributed by atoms with Gasteiger partial charge in [-0.05, 0) is 60.4 Å². The lowest BCUT2D eigenvalue weighted by molar-refractivity contribution is 0.889. The van der Waals surface area contributed by atoms with Crippen LogP contribution in [-0.4, -0.2) is 14.1 Å². The highest BCUT2D eigenvalue weighted by Gasteiger charge is 2.21. The van der Waals surface area contributed by atoms with Gasteiger partial charge >= 0.3 is 0 Å². The van der Waals surface area contributed by atoms with Gasteiger partial charge in [0, 0.05) is 45.0 Å². The lowest BCUT2D eigenvalue weighted by Crippen LogP contribution is -2.02. The van der Waals surface area contributed by atoms with Crippen molar-refractivity contribution in [2.24, 2.45) is 0 Å². The first-order chi connectivity index (χ1) is 22.8. The number of nitrogens with zero attached hydrogens (tertiary/aromatic N) is 3. The Kier molecular flexibility index (Phi) is 6.27. The second-order valence-corrected chi connectivity index (χ2v) is 12.0. The summed E-state index contributed by atoms with van der Waals surface area (Å²) in [6.07, 6.45) is 9.03. The van der Waals surface area contributed by atoms with E-state index in [9.17, 15) is 0 Å². The molecule has 0 spiro atoms. The predicted octanol–water partition coefficient (Wildman–Crippen LogP) is 10.9. The highest BCUT2D eigenvalue weighted by molar-refractivity contribution is 5.98. The third-order valence-corrected chi connectivity index (χ3v) is 9.20. The average Bonchev–Trinajstić information content (AvgIpc) is 3.68. The molecule has 3 heterocycles. The van der Waals surface area contributed by atoms with E-state index in [1.807, 2.05) is 12.1 Å². The van der Waals surface area contributed by atoms with Gasteiger partial charge in [-0.15, -0.1) is 0 Å². The van der Waals surface area contributed by atoms with E-state index in [-0.39, 0.29) is 0 Å². The van der Waals surface area contributed by atoms with Gasteiger partial charge in [-0.3, -0.25) is 0 Å². The molecule has 1 aliphatic rings. The fraction of sp³-hybridized carbons (Fsp3) is 0.0465. The van der Waals surface area contributed by atoms with Crippen LogP contribution in [0, 0.1) is 0 Å². The Labute approximate surface area is 268 Å². The van der Waals surface area contributed by atoms with Crippen molar-refractivity contribution in [1.82, 2.24) is 14.1 Å². The minimum atomic E-state index is 0.967. The molecule has 1 aliphatic carbocycles.